The van der Waals surface area contributed by atoms with Gasteiger partial charge < -0.3 is 24.8 Å². The molecule has 2 aromatic carbocycles. The molecule has 7 nitrogen and oxygen atoms in total. The molecule has 152 valence electrons. The van der Waals surface area contributed by atoms with Crippen LogP contribution in [0.25, 0.3) is 0 Å². The Balaban J connectivity index is 2.06. The van der Waals surface area contributed by atoms with Gasteiger partial charge in [-0.2, -0.15) is 0 Å². The van der Waals surface area contributed by atoms with Crippen LogP contribution in [-0.2, 0) is 14.3 Å². The van der Waals surface area contributed by atoms with Crippen molar-refractivity contribution in [2.75, 3.05) is 20.8 Å². The number of guanidine groups is 1. The van der Waals surface area contributed by atoms with Crippen molar-refractivity contribution >= 4 is 11.9 Å². The van der Waals surface area contributed by atoms with Gasteiger partial charge in [0.1, 0.15) is 6.04 Å². The molecule has 1 atom stereocenters. The van der Waals surface area contributed by atoms with Crippen molar-refractivity contribution in [1.29, 1.82) is 0 Å². The summed E-state index contributed by atoms with van der Waals surface area (Å²) in [5.41, 5.74) is 2.00. The summed E-state index contributed by atoms with van der Waals surface area (Å²) in [7, 11) is 3.07. The zero-order chi connectivity index (χ0) is 20.8. The summed E-state index contributed by atoms with van der Waals surface area (Å²) < 4.78 is 10.3. The van der Waals surface area contributed by atoms with E-state index >= 15 is 0 Å². The van der Waals surface area contributed by atoms with Gasteiger partial charge >= 0.3 is 5.97 Å². The number of nitrogens with zero attached hydrogens (tertiary/aromatic N) is 2. The molecule has 0 fully saturated rings. The Morgan fingerprint density at radius 2 is 1.69 bits per heavy atom. The first-order valence-electron chi connectivity index (χ1n) is 9.37. The van der Waals surface area contributed by atoms with E-state index in [2.05, 4.69) is 5.32 Å². The third-order valence-electron chi connectivity index (χ3n) is 4.60. The normalized spacial score (nSPS) is 18.0. The number of hydrogen-bond acceptors (Lipinski definition) is 5. The lowest BCUT2D eigenvalue weighted by Gasteiger charge is -2.34. The highest BCUT2D eigenvalue weighted by Gasteiger charge is 2.35. The fourth-order valence-electron chi connectivity index (χ4n) is 3.10. The number of likely N-dealkylation sites (N-methyl/N-ethyl adjacent to an activating group) is 1. The smallest absolute Gasteiger partial charge is 0.358 e. The molecule has 1 aliphatic rings. The summed E-state index contributed by atoms with van der Waals surface area (Å²) >= 11 is 0. The Kier molecular flexibility index (Phi) is 6.51. The number of aliphatic hydroxyl groups excluding tert-OH is 1. The van der Waals surface area contributed by atoms with Gasteiger partial charge in [-0.1, -0.05) is 60.7 Å². The van der Waals surface area contributed by atoms with E-state index in [-0.39, 0.29) is 24.1 Å². The van der Waals surface area contributed by atoms with Crippen LogP contribution in [0, 0.1) is 0 Å². The number of carbonyl (C=O) groups excluding carboxylic acids is 1. The average Bonchev–Trinajstić information content (AvgIpc) is 2.76. The molecule has 7 heteroatoms. The Bertz CT molecular complexity index is 857. The van der Waals surface area contributed by atoms with Gasteiger partial charge in [0, 0.05) is 7.05 Å². The van der Waals surface area contributed by atoms with Gasteiger partial charge in [-0.3, -0.25) is 0 Å². The molecule has 2 N–H and O–H groups in total. The number of ether oxygens (including phenoxy) is 2. The van der Waals surface area contributed by atoms with E-state index < -0.39 is 12.2 Å². The Hall–Kier alpha value is -3.32. The molecule has 1 aliphatic heterocycles. The highest BCUT2D eigenvalue weighted by molar-refractivity contribution is 5.97. The van der Waals surface area contributed by atoms with E-state index in [9.17, 15) is 9.90 Å². The van der Waals surface area contributed by atoms with Gasteiger partial charge in [0.2, 0.25) is 5.96 Å². The molecule has 0 amide bonds. The van der Waals surface area contributed by atoms with E-state index in [4.69, 9.17) is 14.5 Å². The van der Waals surface area contributed by atoms with Crippen LogP contribution in [0.1, 0.15) is 24.1 Å². The van der Waals surface area contributed by atoms with E-state index in [1.807, 2.05) is 60.7 Å². The summed E-state index contributed by atoms with van der Waals surface area (Å²) in [6.45, 7) is 1.92. The Labute approximate surface area is 170 Å². The van der Waals surface area contributed by atoms with Gasteiger partial charge in [-0.05, 0) is 18.1 Å². The maximum atomic E-state index is 12.4. The molecule has 1 heterocycles. The highest BCUT2D eigenvalue weighted by Crippen LogP contribution is 2.28. The second kappa shape index (κ2) is 9.25. The third-order valence-corrected chi connectivity index (χ3v) is 4.60. The maximum absolute atomic E-state index is 12.4. The molecule has 2 aromatic rings. The second-order valence-electron chi connectivity index (χ2n) is 6.45. The Morgan fingerprint density at radius 1 is 1.14 bits per heavy atom. The van der Waals surface area contributed by atoms with Crippen molar-refractivity contribution in [3.8, 4) is 0 Å². The van der Waals surface area contributed by atoms with Crippen LogP contribution < -0.4 is 5.32 Å². The van der Waals surface area contributed by atoms with E-state index in [1.54, 1.807) is 14.0 Å². The van der Waals surface area contributed by atoms with Gasteiger partial charge in [0.05, 0.1) is 13.7 Å². The minimum atomic E-state index is -1.17. The summed E-state index contributed by atoms with van der Waals surface area (Å²) in [5, 5.41) is 13.6. The van der Waals surface area contributed by atoms with Crippen molar-refractivity contribution < 1.29 is 19.4 Å². The number of aliphatic imine (C=N–C) groups is 1. The van der Waals surface area contributed by atoms with E-state index in [0.29, 0.717) is 5.96 Å². The number of nitrogens with one attached hydrogen (secondary N) is 1. The van der Waals surface area contributed by atoms with Crippen molar-refractivity contribution in [3.05, 3.63) is 83.2 Å². The molecule has 3 rings (SSSR count). The van der Waals surface area contributed by atoms with Crippen molar-refractivity contribution in [3.63, 3.8) is 0 Å². The maximum Gasteiger partial charge on any atom is 0.358 e. The van der Waals surface area contributed by atoms with Crippen LogP contribution in [0.5, 0.6) is 0 Å². The molecule has 0 spiro atoms. The summed E-state index contributed by atoms with van der Waals surface area (Å²) in [5.74, 6) is -0.194. The van der Waals surface area contributed by atoms with Gasteiger partial charge in [0.15, 0.2) is 17.7 Å². The van der Waals surface area contributed by atoms with Crippen LogP contribution in [0.2, 0.25) is 0 Å². The molecule has 29 heavy (non-hydrogen) atoms. The van der Waals surface area contributed by atoms with Crippen LogP contribution >= 0.6 is 0 Å². The fourth-order valence-corrected chi connectivity index (χ4v) is 3.10. The first-order valence-corrected chi connectivity index (χ1v) is 9.37. The molecule has 0 radical (unpaired) electrons. The number of benzene rings is 2. The predicted molar refractivity (Wildman–Crippen MR) is 110 cm³/mol. The zero-order valence-corrected chi connectivity index (χ0v) is 16.7. The minimum Gasteiger partial charge on any atom is -0.494 e. The SMILES string of the molecule is CCOC(=O)C1=C(OC)C(O)N(C)C(=NC(c2ccccc2)c2ccccc2)N1. The molecule has 1 unspecified atom stereocenters. The van der Waals surface area contributed by atoms with E-state index in [1.165, 1.54) is 12.0 Å². The third kappa shape index (κ3) is 4.41. The molecule has 0 aromatic heterocycles. The lowest BCUT2D eigenvalue weighted by molar-refractivity contribution is -0.139. The van der Waals surface area contributed by atoms with Crippen LogP contribution in [-0.4, -0.2) is 48.9 Å². The summed E-state index contributed by atoms with van der Waals surface area (Å²) in [6.07, 6.45) is -1.17. The van der Waals surface area contributed by atoms with Crippen molar-refractivity contribution in [1.82, 2.24) is 10.2 Å². The fraction of sp³-hybridized carbons (Fsp3) is 0.273. The minimum absolute atomic E-state index is 0.0403. The average molecular weight is 395 g/mol. The predicted octanol–water partition coefficient (Wildman–Crippen LogP) is 2.41. The first kappa shape index (κ1) is 20.4. The second-order valence-corrected chi connectivity index (χ2v) is 6.45. The molecule has 0 aliphatic carbocycles. The summed E-state index contributed by atoms with van der Waals surface area (Å²) in [6, 6.07) is 19.3. The van der Waals surface area contributed by atoms with Crippen molar-refractivity contribution in [2.24, 2.45) is 4.99 Å². The number of methoxy groups -OCH3 is 1. The lowest BCUT2D eigenvalue weighted by atomic mass is 9.99. The number of aliphatic hydroxyl groups is 1. The van der Waals surface area contributed by atoms with Gasteiger partial charge in [0.25, 0.3) is 0 Å². The molecule has 0 saturated heterocycles. The van der Waals surface area contributed by atoms with Crippen LogP contribution in [0.15, 0.2) is 77.1 Å². The van der Waals surface area contributed by atoms with Gasteiger partial charge in [-0.15, -0.1) is 0 Å². The molecule has 0 bridgehead atoms. The van der Waals surface area contributed by atoms with Gasteiger partial charge in [-0.25, -0.2) is 9.79 Å². The topological polar surface area (TPSA) is 83.4 Å². The quantitative estimate of drug-likeness (QED) is 0.731. The van der Waals surface area contributed by atoms with E-state index in [0.717, 1.165) is 11.1 Å². The molecular formula is C22H25N3O4. The number of hydrogen-bond donors (Lipinski definition) is 2. The van der Waals surface area contributed by atoms with Crippen LogP contribution in [0.3, 0.4) is 0 Å². The first-order chi connectivity index (χ1) is 14.1. The van der Waals surface area contributed by atoms with Crippen molar-refractivity contribution in [2.45, 2.75) is 19.2 Å². The number of rotatable bonds is 6. The lowest BCUT2D eigenvalue weighted by Crippen LogP contribution is -2.52. The number of carbonyl (C=O) groups is 1. The molecule has 0 saturated carbocycles. The number of esters is 1. The Morgan fingerprint density at radius 3 is 2.17 bits per heavy atom. The highest BCUT2D eigenvalue weighted by atomic mass is 16.5. The largest absolute Gasteiger partial charge is 0.494 e. The molecular weight excluding hydrogens is 370 g/mol. The zero-order valence-electron chi connectivity index (χ0n) is 16.7. The monoisotopic (exact) mass is 395 g/mol. The standard InChI is InChI=1S/C22H25N3O4/c1-4-29-21(27)18-19(28-3)20(26)25(2)22(24-18)23-17(15-11-7-5-8-12-15)16-13-9-6-10-14-16/h5-14,17,20,26H,4H2,1-3H3,(H,23,24). The van der Waals surface area contributed by atoms with Crippen LogP contribution in [0.4, 0.5) is 0 Å². The summed E-state index contributed by atoms with van der Waals surface area (Å²) in [4.78, 5) is 18.7.